The third-order valence-corrected chi connectivity index (χ3v) is 4.93. The zero-order valence-corrected chi connectivity index (χ0v) is 13.4. The molecule has 1 aliphatic rings. The molecule has 0 unspecified atom stereocenters. The molecule has 1 heteroatoms. The van der Waals surface area contributed by atoms with Crippen LogP contribution in [0.1, 0.15) is 27.8 Å². The van der Waals surface area contributed by atoms with Gasteiger partial charge in [-0.25, -0.2) is 0 Å². The summed E-state index contributed by atoms with van der Waals surface area (Å²) in [4.78, 5) is 0. The van der Waals surface area contributed by atoms with Crippen molar-refractivity contribution in [1.82, 2.24) is 0 Å². The van der Waals surface area contributed by atoms with E-state index >= 15 is 0 Å². The van der Waals surface area contributed by atoms with E-state index in [1.165, 1.54) is 44.5 Å². The molecule has 0 N–H and O–H groups in total. The molecule has 0 atom stereocenters. The number of benzene rings is 3. The summed E-state index contributed by atoms with van der Waals surface area (Å²) < 4.78 is 0. The lowest BCUT2D eigenvalue weighted by Gasteiger charge is -2.15. The van der Waals surface area contributed by atoms with E-state index in [1.807, 2.05) is 12.1 Å². The first-order chi connectivity index (χ1) is 11.2. The quantitative estimate of drug-likeness (QED) is 0.460. The highest BCUT2D eigenvalue weighted by Gasteiger charge is 2.23. The Kier molecular flexibility index (Phi) is 3.06. The Morgan fingerprint density at radius 3 is 2.39 bits per heavy atom. The molecule has 1 nitrogen and oxygen atoms in total. The van der Waals surface area contributed by atoms with Crippen molar-refractivity contribution in [3.05, 3.63) is 82.4 Å². The topological polar surface area (TPSA) is 23.8 Å². The first-order valence-corrected chi connectivity index (χ1v) is 7.91. The summed E-state index contributed by atoms with van der Waals surface area (Å²) in [5.74, 6) is 0. The maximum absolute atomic E-state index is 9.02. The molecule has 3 aromatic rings. The third kappa shape index (κ3) is 2.07. The Morgan fingerprint density at radius 2 is 1.65 bits per heavy atom. The molecular weight excluding hydrogens is 278 g/mol. The number of rotatable bonds is 1. The van der Waals surface area contributed by atoms with Crippen LogP contribution in [0.2, 0.25) is 0 Å². The van der Waals surface area contributed by atoms with Gasteiger partial charge < -0.3 is 0 Å². The molecule has 0 fully saturated rings. The average molecular weight is 295 g/mol. The van der Waals surface area contributed by atoms with Gasteiger partial charge in [-0.15, -0.1) is 0 Å². The minimum atomic E-state index is 0.707. The van der Waals surface area contributed by atoms with Crippen molar-refractivity contribution in [3.63, 3.8) is 0 Å². The van der Waals surface area contributed by atoms with Crippen molar-refractivity contribution in [1.29, 1.82) is 5.26 Å². The second kappa shape index (κ2) is 5.11. The number of nitriles is 1. The van der Waals surface area contributed by atoms with Gasteiger partial charge in [0.2, 0.25) is 0 Å². The van der Waals surface area contributed by atoms with Gasteiger partial charge in [0.25, 0.3) is 0 Å². The molecule has 3 aromatic carbocycles. The van der Waals surface area contributed by atoms with Crippen LogP contribution >= 0.6 is 0 Å². The SMILES string of the molecule is Cc1cc2c(c(-c3ccc(C#N)cc3)c1C)Cc1ccccc1-2. The minimum absolute atomic E-state index is 0.707. The lowest BCUT2D eigenvalue weighted by molar-refractivity contribution is 1.23. The third-order valence-electron chi connectivity index (χ3n) is 4.93. The predicted octanol–water partition coefficient (Wildman–Crippen LogP) is 5.41. The van der Waals surface area contributed by atoms with E-state index in [9.17, 15) is 0 Å². The fourth-order valence-electron chi connectivity index (χ4n) is 3.62. The highest BCUT2D eigenvalue weighted by atomic mass is 14.3. The molecule has 0 heterocycles. The normalized spacial score (nSPS) is 11.7. The smallest absolute Gasteiger partial charge is 0.0991 e. The van der Waals surface area contributed by atoms with Gasteiger partial charge in [-0.1, -0.05) is 42.5 Å². The van der Waals surface area contributed by atoms with Crippen molar-refractivity contribution in [2.24, 2.45) is 0 Å². The lowest BCUT2D eigenvalue weighted by Crippen LogP contribution is -1.95. The van der Waals surface area contributed by atoms with Gasteiger partial charge in [-0.3, -0.25) is 0 Å². The van der Waals surface area contributed by atoms with E-state index in [1.54, 1.807) is 0 Å². The van der Waals surface area contributed by atoms with Gasteiger partial charge in [0.05, 0.1) is 11.6 Å². The van der Waals surface area contributed by atoms with Crippen LogP contribution in [0.5, 0.6) is 0 Å². The molecule has 0 aromatic heterocycles. The maximum atomic E-state index is 9.02. The fourth-order valence-corrected chi connectivity index (χ4v) is 3.62. The molecule has 1 aliphatic carbocycles. The Labute approximate surface area is 136 Å². The lowest BCUT2D eigenvalue weighted by atomic mass is 9.88. The van der Waals surface area contributed by atoms with Crippen LogP contribution in [0.25, 0.3) is 22.3 Å². The Bertz CT molecular complexity index is 956. The summed E-state index contributed by atoms with van der Waals surface area (Å²) in [6.45, 7) is 4.38. The molecule has 4 rings (SSSR count). The molecule has 110 valence electrons. The number of nitrogens with zero attached hydrogens (tertiary/aromatic N) is 1. The highest BCUT2D eigenvalue weighted by Crippen LogP contribution is 2.44. The molecule has 0 saturated heterocycles. The zero-order chi connectivity index (χ0) is 16.0. The molecule has 0 radical (unpaired) electrons. The van der Waals surface area contributed by atoms with Crippen molar-refractivity contribution in [2.45, 2.75) is 20.3 Å². The maximum Gasteiger partial charge on any atom is 0.0991 e. The number of hydrogen-bond acceptors (Lipinski definition) is 1. The van der Waals surface area contributed by atoms with Crippen LogP contribution in [0.3, 0.4) is 0 Å². The summed E-state index contributed by atoms with van der Waals surface area (Å²) in [5, 5.41) is 9.02. The Morgan fingerprint density at radius 1 is 0.913 bits per heavy atom. The zero-order valence-electron chi connectivity index (χ0n) is 13.4. The number of aryl methyl sites for hydroxylation is 1. The highest BCUT2D eigenvalue weighted by molar-refractivity contribution is 5.87. The first kappa shape index (κ1) is 13.8. The van der Waals surface area contributed by atoms with Crippen LogP contribution in [-0.4, -0.2) is 0 Å². The summed E-state index contributed by atoms with van der Waals surface area (Å²) in [6, 6.07) is 21.2. The van der Waals surface area contributed by atoms with Gasteiger partial charge in [0.1, 0.15) is 0 Å². The van der Waals surface area contributed by atoms with Gasteiger partial charge >= 0.3 is 0 Å². The summed E-state index contributed by atoms with van der Waals surface area (Å²) in [5.41, 5.74) is 11.4. The van der Waals surface area contributed by atoms with Crippen molar-refractivity contribution in [3.8, 4) is 28.3 Å². The van der Waals surface area contributed by atoms with Crippen molar-refractivity contribution in [2.75, 3.05) is 0 Å². The Balaban J connectivity index is 1.98. The second-order valence-electron chi connectivity index (χ2n) is 6.24. The van der Waals surface area contributed by atoms with E-state index < -0.39 is 0 Å². The number of fused-ring (bicyclic) bond motifs is 3. The molecule has 23 heavy (non-hydrogen) atoms. The summed E-state index contributed by atoms with van der Waals surface area (Å²) in [6.07, 6.45) is 0.988. The van der Waals surface area contributed by atoms with E-state index in [0.717, 1.165) is 6.42 Å². The second-order valence-corrected chi connectivity index (χ2v) is 6.24. The molecular formula is C22H17N. The van der Waals surface area contributed by atoms with Crippen LogP contribution in [0.4, 0.5) is 0 Å². The molecule has 0 spiro atoms. The van der Waals surface area contributed by atoms with Crippen molar-refractivity contribution >= 4 is 0 Å². The molecule has 0 bridgehead atoms. The largest absolute Gasteiger partial charge is 0.192 e. The van der Waals surface area contributed by atoms with Crippen LogP contribution in [-0.2, 0) is 6.42 Å². The van der Waals surface area contributed by atoms with E-state index in [0.29, 0.717) is 5.56 Å². The van der Waals surface area contributed by atoms with Crippen LogP contribution in [0, 0.1) is 25.2 Å². The average Bonchev–Trinajstić information content (AvgIpc) is 2.94. The Hall–Kier alpha value is -2.85. The van der Waals surface area contributed by atoms with Gasteiger partial charge in [-0.05, 0) is 76.9 Å². The molecule has 0 aliphatic heterocycles. The van der Waals surface area contributed by atoms with E-state index in [2.05, 4.69) is 62.4 Å². The standard InChI is InChI=1S/C22H17N/c1-14-11-20-19-6-4-3-5-18(19)12-21(20)22(15(14)2)17-9-7-16(13-23)8-10-17/h3-11H,12H2,1-2H3. The molecule has 0 saturated carbocycles. The van der Waals surface area contributed by atoms with Crippen LogP contribution in [0.15, 0.2) is 54.6 Å². The van der Waals surface area contributed by atoms with Crippen molar-refractivity contribution < 1.29 is 0 Å². The van der Waals surface area contributed by atoms with Gasteiger partial charge in [-0.2, -0.15) is 5.26 Å². The molecule has 0 amide bonds. The van der Waals surface area contributed by atoms with Crippen LogP contribution < -0.4 is 0 Å². The summed E-state index contributed by atoms with van der Waals surface area (Å²) >= 11 is 0. The fraction of sp³-hybridized carbons (Fsp3) is 0.136. The first-order valence-electron chi connectivity index (χ1n) is 7.91. The number of hydrogen-bond donors (Lipinski definition) is 0. The van der Waals surface area contributed by atoms with Gasteiger partial charge in [0, 0.05) is 0 Å². The van der Waals surface area contributed by atoms with E-state index in [-0.39, 0.29) is 0 Å². The van der Waals surface area contributed by atoms with Gasteiger partial charge in [0.15, 0.2) is 0 Å². The summed E-state index contributed by atoms with van der Waals surface area (Å²) in [7, 11) is 0. The minimum Gasteiger partial charge on any atom is -0.192 e. The monoisotopic (exact) mass is 295 g/mol. The predicted molar refractivity (Wildman–Crippen MR) is 94.3 cm³/mol. The van der Waals surface area contributed by atoms with E-state index in [4.69, 9.17) is 5.26 Å².